The Hall–Kier alpha value is -2.32. The summed E-state index contributed by atoms with van der Waals surface area (Å²) < 4.78 is 45.9. The molecule has 23 heavy (non-hydrogen) atoms. The van der Waals surface area contributed by atoms with E-state index in [1.165, 1.54) is 30.3 Å². The first-order valence-electron chi connectivity index (χ1n) is 6.40. The van der Waals surface area contributed by atoms with Crippen molar-refractivity contribution in [1.29, 1.82) is 0 Å². The Morgan fingerprint density at radius 1 is 1.26 bits per heavy atom. The largest absolute Gasteiger partial charge is 0.482 e. The molecule has 2 N–H and O–H groups in total. The van der Waals surface area contributed by atoms with Gasteiger partial charge in [0, 0.05) is 0 Å². The smallest absolute Gasteiger partial charge is 0.264 e. The van der Waals surface area contributed by atoms with Crippen LogP contribution in [0.4, 0.5) is 15.8 Å². The summed E-state index contributed by atoms with van der Waals surface area (Å²) in [5, 5.41) is 2.26. The molecule has 9 heteroatoms. The van der Waals surface area contributed by atoms with Crippen molar-refractivity contribution >= 4 is 38.9 Å². The number of carbonyl (C=O) groups is 1. The molecule has 120 valence electrons. The van der Waals surface area contributed by atoms with Gasteiger partial charge in [-0.15, -0.1) is 0 Å². The Morgan fingerprint density at radius 2 is 2.04 bits per heavy atom. The summed E-state index contributed by atoms with van der Waals surface area (Å²) in [6, 6.07) is 8.01. The first-order chi connectivity index (χ1) is 10.9. The van der Waals surface area contributed by atoms with E-state index in [4.69, 9.17) is 16.3 Å². The zero-order valence-corrected chi connectivity index (χ0v) is 13.0. The first kappa shape index (κ1) is 15.6. The lowest BCUT2D eigenvalue weighted by Gasteiger charge is -2.19. The fourth-order valence-corrected chi connectivity index (χ4v) is 3.43. The molecule has 1 amide bonds. The Kier molecular flexibility index (Phi) is 3.87. The van der Waals surface area contributed by atoms with Gasteiger partial charge in [-0.1, -0.05) is 17.7 Å². The van der Waals surface area contributed by atoms with Gasteiger partial charge in [-0.2, -0.15) is 0 Å². The highest BCUT2D eigenvalue weighted by Gasteiger charge is 2.22. The van der Waals surface area contributed by atoms with Crippen LogP contribution in [0.15, 0.2) is 41.3 Å². The molecule has 0 radical (unpaired) electrons. The van der Waals surface area contributed by atoms with E-state index in [2.05, 4.69) is 10.0 Å². The Balaban J connectivity index is 1.93. The monoisotopic (exact) mass is 356 g/mol. The third kappa shape index (κ3) is 3.08. The number of fused-ring (bicyclic) bond motifs is 1. The summed E-state index contributed by atoms with van der Waals surface area (Å²) in [6.07, 6.45) is 0. The number of benzene rings is 2. The molecule has 1 aliphatic heterocycles. The molecule has 0 fully saturated rings. The van der Waals surface area contributed by atoms with Gasteiger partial charge in [-0.05, 0) is 30.3 Å². The maximum atomic E-state index is 13.9. The minimum Gasteiger partial charge on any atom is -0.482 e. The molecule has 0 aromatic heterocycles. The number of hydrogen-bond donors (Lipinski definition) is 2. The summed E-state index contributed by atoms with van der Waals surface area (Å²) in [4.78, 5) is 10.7. The number of carbonyl (C=O) groups excluding carboxylic acids is 1. The minimum absolute atomic E-state index is 0.105. The van der Waals surface area contributed by atoms with E-state index in [0.717, 1.165) is 6.07 Å². The second-order valence-corrected chi connectivity index (χ2v) is 6.76. The average molecular weight is 357 g/mol. The summed E-state index contributed by atoms with van der Waals surface area (Å²) >= 11 is 5.60. The van der Waals surface area contributed by atoms with Crippen LogP contribution in [0.3, 0.4) is 0 Å². The van der Waals surface area contributed by atoms with E-state index in [1.54, 1.807) is 0 Å². The number of ether oxygens (including phenoxy) is 1. The van der Waals surface area contributed by atoms with Crippen molar-refractivity contribution in [3.8, 4) is 5.75 Å². The van der Waals surface area contributed by atoms with Crippen molar-refractivity contribution in [2.45, 2.75) is 4.90 Å². The van der Waals surface area contributed by atoms with Crippen molar-refractivity contribution < 1.29 is 22.3 Å². The number of rotatable bonds is 3. The third-order valence-electron chi connectivity index (χ3n) is 3.07. The number of amides is 1. The lowest BCUT2D eigenvalue weighted by molar-refractivity contribution is -0.118. The molecule has 0 saturated carbocycles. The predicted octanol–water partition coefficient (Wildman–Crippen LogP) is 2.61. The Labute approximate surface area is 136 Å². The highest BCUT2D eigenvalue weighted by molar-refractivity contribution is 7.92. The van der Waals surface area contributed by atoms with Crippen LogP contribution in [0, 0.1) is 5.82 Å². The molecule has 3 rings (SSSR count). The van der Waals surface area contributed by atoms with Crippen LogP contribution in [0.25, 0.3) is 0 Å². The zero-order valence-electron chi connectivity index (χ0n) is 11.5. The molecule has 2 aromatic carbocycles. The number of halogens is 2. The van der Waals surface area contributed by atoms with Crippen molar-refractivity contribution in [3.63, 3.8) is 0 Å². The van der Waals surface area contributed by atoms with Crippen molar-refractivity contribution in [1.82, 2.24) is 0 Å². The van der Waals surface area contributed by atoms with E-state index in [0.29, 0.717) is 11.4 Å². The summed E-state index contributed by atoms with van der Waals surface area (Å²) in [6.45, 7) is -0.105. The third-order valence-corrected chi connectivity index (χ3v) is 4.76. The molecule has 1 heterocycles. The van der Waals surface area contributed by atoms with E-state index in [-0.39, 0.29) is 23.2 Å². The molecular formula is C14H10ClFN2O4S. The predicted molar refractivity (Wildman–Crippen MR) is 82.8 cm³/mol. The van der Waals surface area contributed by atoms with Gasteiger partial charge < -0.3 is 10.1 Å². The van der Waals surface area contributed by atoms with Gasteiger partial charge in [-0.3, -0.25) is 9.52 Å². The fraction of sp³-hybridized carbons (Fsp3) is 0.0714. The highest BCUT2D eigenvalue weighted by Crippen LogP contribution is 2.32. The number of sulfonamides is 1. The quantitative estimate of drug-likeness (QED) is 0.885. The van der Waals surface area contributed by atoms with E-state index in [1.807, 2.05) is 0 Å². The lowest BCUT2D eigenvalue weighted by Crippen LogP contribution is -2.25. The lowest BCUT2D eigenvalue weighted by atomic mass is 10.2. The SMILES string of the molecule is O=C1COc2ccc(NS(=O)(=O)c3cccc(Cl)c3F)cc2N1. The molecule has 0 saturated heterocycles. The maximum absolute atomic E-state index is 13.9. The van der Waals surface area contributed by atoms with Crippen LogP contribution in [0.2, 0.25) is 5.02 Å². The highest BCUT2D eigenvalue weighted by atomic mass is 35.5. The molecule has 2 aromatic rings. The molecule has 6 nitrogen and oxygen atoms in total. The minimum atomic E-state index is -4.17. The summed E-state index contributed by atoms with van der Waals surface area (Å²) in [7, 11) is -4.17. The van der Waals surface area contributed by atoms with Crippen LogP contribution in [0.1, 0.15) is 0 Å². The average Bonchev–Trinajstić information content (AvgIpc) is 2.49. The first-order valence-corrected chi connectivity index (χ1v) is 8.26. The van der Waals surface area contributed by atoms with E-state index < -0.39 is 20.7 Å². The van der Waals surface area contributed by atoms with Gasteiger partial charge in [0.1, 0.15) is 10.6 Å². The molecule has 0 atom stereocenters. The molecule has 0 unspecified atom stereocenters. The van der Waals surface area contributed by atoms with Crippen LogP contribution >= 0.6 is 11.6 Å². The van der Waals surface area contributed by atoms with Crippen LogP contribution in [-0.4, -0.2) is 20.9 Å². The maximum Gasteiger partial charge on any atom is 0.264 e. The fourth-order valence-electron chi connectivity index (χ4n) is 2.05. The van der Waals surface area contributed by atoms with Gasteiger partial charge >= 0.3 is 0 Å². The van der Waals surface area contributed by atoms with Gasteiger partial charge in [0.2, 0.25) is 0 Å². The topological polar surface area (TPSA) is 84.5 Å². The normalized spacial score (nSPS) is 13.7. The number of hydrogen-bond acceptors (Lipinski definition) is 4. The van der Waals surface area contributed by atoms with E-state index >= 15 is 0 Å². The second kappa shape index (κ2) is 5.71. The van der Waals surface area contributed by atoms with Gasteiger partial charge in [0.15, 0.2) is 12.4 Å². The molecule has 1 aliphatic rings. The van der Waals surface area contributed by atoms with Gasteiger partial charge in [0.25, 0.3) is 15.9 Å². The summed E-state index contributed by atoms with van der Waals surface area (Å²) in [5.74, 6) is -0.962. The van der Waals surface area contributed by atoms with Crippen LogP contribution < -0.4 is 14.8 Å². The Bertz CT molecular complexity index is 902. The Morgan fingerprint density at radius 3 is 2.83 bits per heavy atom. The van der Waals surface area contributed by atoms with Crippen LogP contribution in [-0.2, 0) is 14.8 Å². The molecule has 0 aliphatic carbocycles. The van der Waals surface area contributed by atoms with Crippen molar-refractivity contribution in [3.05, 3.63) is 47.2 Å². The summed E-state index contributed by atoms with van der Waals surface area (Å²) in [5.41, 5.74) is 0.474. The standard InChI is InChI=1S/C14H10ClFN2O4S/c15-9-2-1-3-12(14(9)16)23(20,21)18-8-4-5-11-10(6-8)17-13(19)7-22-11/h1-6,18H,7H2,(H,17,19). The van der Waals surface area contributed by atoms with Gasteiger partial charge in [0.05, 0.1) is 16.4 Å². The molecular weight excluding hydrogens is 347 g/mol. The second-order valence-electron chi connectivity index (χ2n) is 4.71. The van der Waals surface area contributed by atoms with Crippen molar-refractivity contribution in [2.24, 2.45) is 0 Å². The number of anilines is 2. The molecule has 0 spiro atoms. The van der Waals surface area contributed by atoms with Crippen LogP contribution in [0.5, 0.6) is 5.75 Å². The number of nitrogens with one attached hydrogen (secondary N) is 2. The molecule has 0 bridgehead atoms. The van der Waals surface area contributed by atoms with Gasteiger partial charge in [-0.25, -0.2) is 12.8 Å². The van der Waals surface area contributed by atoms with Crippen molar-refractivity contribution in [2.75, 3.05) is 16.6 Å². The zero-order chi connectivity index (χ0) is 16.6. The van der Waals surface area contributed by atoms with E-state index in [9.17, 15) is 17.6 Å².